The maximum absolute atomic E-state index is 12.2. The summed E-state index contributed by atoms with van der Waals surface area (Å²) in [6.45, 7) is 6.25. The summed E-state index contributed by atoms with van der Waals surface area (Å²) in [7, 11) is 0. The van der Waals surface area contributed by atoms with Crippen molar-refractivity contribution in [1.82, 2.24) is 4.90 Å². The molecule has 1 aromatic rings. The van der Waals surface area contributed by atoms with Gasteiger partial charge in [0.25, 0.3) is 0 Å². The summed E-state index contributed by atoms with van der Waals surface area (Å²) >= 11 is 0. The summed E-state index contributed by atoms with van der Waals surface area (Å²) in [6.07, 6.45) is 2.87. The van der Waals surface area contributed by atoms with Crippen LogP contribution in [0.1, 0.15) is 32.8 Å². The summed E-state index contributed by atoms with van der Waals surface area (Å²) in [5.74, 6) is 0.191. The molecule has 0 bridgehead atoms. The van der Waals surface area contributed by atoms with Crippen LogP contribution in [0.2, 0.25) is 0 Å². The van der Waals surface area contributed by atoms with E-state index in [2.05, 4.69) is 20.8 Å². The Morgan fingerprint density at radius 3 is 2.47 bits per heavy atom. The van der Waals surface area contributed by atoms with E-state index < -0.39 is 0 Å². The van der Waals surface area contributed by atoms with E-state index in [-0.39, 0.29) is 11.9 Å². The monoisotopic (exact) mass is 229 g/mol. The number of amides is 1. The second kappa shape index (κ2) is 4.74. The highest BCUT2D eigenvalue weighted by Crippen LogP contribution is 2.27. The Kier molecular flexibility index (Phi) is 3.32. The minimum Gasteiger partial charge on any atom is -0.333 e. The third kappa shape index (κ3) is 2.41. The summed E-state index contributed by atoms with van der Waals surface area (Å²) in [4.78, 5) is 14.2. The second-order valence-electron chi connectivity index (χ2n) is 4.94. The van der Waals surface area contributed by atoms with Crippen LogP contribution in [0, 0.1) is 0 Å². The molecule has 2 rings (SSSR count). The fraction of sp³-hybridized carbons (Fsp3) is 0.400. The molecular weight excluding hydrogens is 210 g/mol. The molecule has 1 heterocycles. The molecule has 1 saturated heterocycles. The largest absolute Gasteiger partial charge is 0.333 e. The number of hydrogen-bond donors (Lipinski definition) is 0. The molecule has 1 fully saturated rings. The average molecular weight is 229 g/mol. The number of nitrogens with zero attached hydrogens (tertiary/aromatic N) is 1. The van der Waals surface area contributed by atoms with Crippen molar-refractivity contribution in [2.45, 2.75) is 39.3 Å². The SMILES string of the molecule is CC(C)N1C(=O)/C(=C\c2ccccc2)CC1C. The van der Waals surface area contributed by atoms with Crippen LogP contribution in [0.25, 0.3) is 6.08 Å². The van der Waals surface area contributed by atoms with Crippen LogP contribution in [0.5, 0.6) is 0 Å². The topological polar surface area (TPSA) is 20.3 Å². The molecule has 90 valence electrons. The fourth-order valence-corrected chi connectivity index (χ4v) is 2.48. The van der Waals surface area contributed by atoms with E-state index in [9.17, 15) is 4.79 Å². The predicted octanol–water partition coefficient (Wildman–Crippen LogP) is 3.10. The average Bonchev–Trinajstić information content (AvgIpc) is 2.55. The molecule has 2 heteroatoms. The Morgan fingerprint density at radius 2 is 1.94 bits per heavy atom. The predicted molar refractivity (Wildman–Crippen MR) is 70.5 cm³/mol. The molecule has 1 atom stereocenters. The first-order valence-corrected chi connectivity index (χ1v) is 6.18. The van der Waals surface area contributed by atoms with Gasteiger partial charge in [0.1, 0.15) is 0 Å². The van der Waals surface area contributed by atoms with Crippen molar-refractivity contribution in [2.75, 3.05) is 0 Å². The molecule has 0 N–H and O–H groups in total. The minimum atomic E-state index is 0.191. The van der Waals surface area contributed by atoms with E-state index in [4.69, 9.17) is 0 Å². The molecule has 0 aromatic heterocycles. The van der Waals surface area contributed by atoms with Crippen molar-refractivity contribution in [2.24, 2.45) is 0 Å². The Hall–Kier alpha value is -1.57. The van der Waals surface area contributed by atoms with Crippen LogP contribution in [0.15, 0.2) is 35.9 Å². The number of carbonyl (C=O) groups excluding carboxylic acids is 1. The number of benzene rings is 1. The molecule has 1 aliphatic rings. The molecule has 1 unspecified atom stereocenters. The highest BCUT2D eigenvalue weighted by Gasteiger charge is 2.33. The zero-order valence-corrected chi connectivity index (χ0v) is 10.7. The lowest BCUT2D eigenvalue weighted by Gasteiger charge is -2.25. The van der Waals surface area contributed by atoms with Gasteiger partial charge in [-0.1, -0.05) is 30.3 Å². The third-order valence-corrected chi connectivity index (χ3v) is 3.20. The van der Waals surface area contributed by atoms with E-state index in [0.717, 1.165) is 17.6 Å². The van der Waals surface area contributed by atoms with Crippen LogP contribution in [0.3, 0.4) is 0 Å². The summed E-state index contributed by atoms with van der Waals surface area (Å²) in [5, 5.41) is 0. The normalized spacial score (nSPS) is 22.8. The fourth-order valence-electron chi connectivity index (χ4n) is 2.48. The number of carbonyl (C=O) groups is 1. The molecule has 17 heavy (non-hydrogen) atoms. The van der Waals surface area contributed by atoms with Crippen molar-refractivity contribution in [3.05, 3.63) is 41.5 Å². The van der Waals surface area contributed by atoms with Crippen LogP contribution >= 0.6 is 0 Å². The van der Waals surface area contributed by atoms with E-state index in [1.54, 1.807) is 0 Å². The molecule has 1 amide bonds. The summed E-state index contributed by atoms with van der Waals surface area (Å²) in [6, 6.07) is 10.6. The van der Waals surface area contributed by atoms with Gasteiger partial charge in [0.05, 0.1) is 0 Å². The van der Waals surface area contributed by atoms with Crippen molar-refractivity contribution in [1.29, 1.82) is 0 Å². The summed E-state index contributed by atoms with van der Waals surface area (Å²) in [5.41, 5.74) is 2.03. The van der Waals surface area contributed by atoms with Gasteiger partial charge < -0.3 is 4.90 Å². The molecular formula is C15H19NO. The van der Waals surface area contributed by atoms with Crippen LogP contribution < -0.4 is 0 Å². The highest BCUT2D eigenvalue weighted by molar-refractivity contribution is 6.00. The first-order valence-electron chi connectivity index (χ1n) is 6.18. The minimum absolute atomic E-state index is 0.191. The Balaban J connectivity index is 2.25. The number of hydrogen-bond acceptors (Lipinski definition) is 1. The zero-order valence-electron chi connectivity index (χ0n) is 10.7. The van der Waals surface area contributed by atoms with Crippen LogP contribution in [-0.2, 0) is 4.79 Å². The number of likely N-dealkylation sites (tertiary alicyclic amines) is 1. The lowest BCUT2D eigenvalue weighted by Crippen LogP contribution is -2.37. The Bertz CT molecular complexity index is 433. The third-order valence-electron chi connectivity index (χ3n) is 3.20. The quantitative estimate of drug-likeness (QED) is 0.714. The highest BCUT2D eigenvalue weighted by atomic mass is 16.2. The summed E-state index contributed by atoms with van der Waals surface area (Å²) < 4.78 is 0. The van der Waals surface area contributed by atoms with Crippen molar-refractivity contribution in [3.8, 4) is 0 Å². The molecule has 1 aromatic carbocycles. The molecule has 0 radical (unpaired) electrons. The first-order chi connectivity index (χ1) is 8.09. The van der Waals surface area contributed by atoms with Gasteiger partial charge >= 0.3 is 0 Å². The van der Waals surface area contributed by atoms with Crippen molar-refractivity contribution < 1.29 is 4.79 Å². The van der Waals surface area contributed by atoms with Gasteiger partial charge in [0.2, 0.25) is 5.91 Å². The van der Waals surface area contributed by atoms with E-state index in [1.807, 2.05) is 41.3 Å². The van der Waals surface area contributed by atoms with Gasteiger partial charge in [-0.25, -0.2) is 0 Å². The van der Waals surface area contributed by atoms with Gasteiger partial charge in [0, 0.05) is 17.7 Å². The van der Waals surface area contributed by atoms with Gasteiger partial charge in [-0.3, -0.25) is 4.79 Å². The first kappa shape index (κ1) is 11.9. The zero-order chi connectivity index (χ0) is 12.4. The lowest BCUT2D eigenvalue weighted by atomic mass is 10.1. The molecule has 0 saturated carbocycles. The van der Waals surface area contributed by atoms with E-state index in [0.29, 0.717) is 6.04 Å². The van der Waals surface area contributed by atoms with E-state index >= 15 is 0 Å². The van der Waals surface area contributed by atoms with Gasteiger partial charge in [-0.15, -0.1) is 0 Å². The molecule has 0 spiro atoms. The van der Waals surface area contributed by atoms with Crippen LogP contribution in [0.4, 0.5) is 0 Å². The van der Waals surface area contributed by atoms with Crippen molar-refractivity contribution in [3.63, 3.8) is 0 Å². The van der Waals surface area contributed by atoms with Crippen molar-refractivity contribution >= 4 is 12.0 Å². The Labute approximate surface area is 103 Å². The molecule has 0 aliphatic carbocycles. The van der Waals surface area contributed by atoms with E-state index in [1.165, 1.54) is 0 Å². The van der Waals surface area contributed by atoms with Gasteiger partial charge in [-0.2, -0.15) is 0 Å². The lowest BCUT2D eigenvalue weighted by molar-refractivity contribution is -0.127. The number of rotatable bonds is 2. The van der Waals surface area contributed by atoms with Gasteiger partial charge in [0.15, 0.2) is 0 Å². The maximum Gasteiger partial charge on any atom is 0.250 e. The second-order valence-corrected chi connectivity index (χ2v) is 4.94. The smallest absolute Gasteiger partial charge is 0.250 e. The maximum atomic E-state index is 12.2. The van der Waals surface area contributed by atoms with Gasteiger partial charge in [-0.05, 0) is 38.8 Å². The molecule has 2 nitrogen and oxygen atoms in total. The molecule has 1 aliphatic heterocycles. The van der Waals surface area contributed by atoms with Crippen LogP contribution in [-0.4, -0.2) is 22.9 Å². The Morgan fingerprint density at radius 1 is 1.29 bits per heavy atom. The standard InChI is InChI=1S/C15H19NO/c1-11(2)16-12(3)9-14(15(16)17)10-13-7-5-4-6-8-13/h4-8,10-12H,9H2,1-3H3/b14-10-.